The molecule has 0 amide bonds. The van der Waals surface area contributed by atoms with Gasteiger partial charge in [-0.25, -0.2) is 8.42 Å². The van der Waals surface area contributed by atoms with E-state index in [0.717, 1.165) is 5.56 Å². The Kier molecular flexibility index (Phi) is 4.99. The standard InChI is InChI=1S/C18H22N2O4S/c1-23-14-8-9-17(24-2)18(10-14)25(21,22)20-11-15(16(19)12-20)13-6-4-3-5-7-13/h3-10,15-16H,11-12,19H2,1-2H3/t15-,16+/m0/s1. The number of ether oxygens (including phenoxy) is 2. The van der Waals surface area contributed by atoms with Gasteiger partial charge in [0.2, 0.25) is 10.0 Å². The van der Waals surface area contributed by atoms with Gasteiger partial charge in [-0.2, -0.15) is 4.31 Å². The molecule has 0 aliphatic carbocycles. The van der Waals surface area contributed by atoms with Crippen molar-refractivity contribution in [3.8, 4) is 11.5 Å². The lowest BCUT2D eigenvalue weighted by molar-refractivity contribution is 0.388. The van der Waals surface area contributed by atoms with E-state index in [-0.39, 0.29) is 29.1 Å². The molecular weight excluding hydrogens is 340 g/mol. The second-order valence-corrected chi connectivity index (χ2v) is 7.93. The highest BCUT2D eigenvalue weighted by atomic mass is 32.2. The maximum Gasteiger partial charge on any atom is 0.246 e. The zero-order valence-electron chi connectivity index (χ0n) is 14.3. The molecule has 1 fully saturated rings. The Balaban J connectivity index is 1.94. The van der Waals surface area contributed by atoms with Crippen LogP contribution in [0, 0.1) is 0 Å². The van der Waals surface area contributed by atoms with Crippen molar-refractivity contribution in [3.63, 3.8) is 0 Å². The number of hydrogen-bond acceptors (Lipinski definition) is 5. The number of nitrogens with two attached hydrogens (primary N) is 1. The van der Waals surface area contributed by atoms with Crippen molar-refractivity contribution in [2.24, 2.45) is 5.73 Å². The first-order chi connectivity index (χ1) is 12.0. The fraction of sp³-hybridized carbons (Fsp3) is 0.333. The molecule has 1 heterocycles. The van der Waals surface area contributed by atoms with Crippen molar-refractivity contribution in [1.82, 2.24) is 4.31 Å². The van der Waals surface area contributed by atoms with E-state index in [1.807, 2.05) is 30.3 Å². The summed E-state index contributed by atoms with van der Waals surface area (Å²) in [7, 11) is -0.796. The van der Waals surface area contributed by atoms with Crippen molar-refractivity contribution in [2.45, 2.75) is 16.9 Å². The zero-order valence-corrected chi connectivity index (χ0v) is 15.1. The van der Waals surface area contributed by atoms with Gasteiger partial charge >= 0.3 is 0 Å². The second-order valence-electron chi connectivity index (χ2n) is 6.02. The first kappa shape index (κ1) is 17.7. The van der Waals surface area contributed by atoms with Crippen LogP contribution in [-0.2, 0) is 10.0 Å². The first-order valence-electron chi connectivity index (χ1n) is 8.00. The molecule has 134 valence electrons. The lowest BCUT2D eigenvalue weighted by Crippen LogP contribution is -2.32. The molecule has 0 radical (unpaired) electrons. The zero-order chi connectivity index (χ0) is 18.0. The summed E-state index contributed by atoms with van der Waals surface area (Å²) in [6.07, 6.45) is 0. The molecule has 1 aliphatic heterocycles. The van der Waals surface area contributed by atoms with Gasteiger partial charge in [0, 0.05) is 31.1 Å². The number of methoxy groups -OCH3 is 2. The predicted molar refractivity (Wildman–Crippen MR) is 95.5 cm³/mol. The molecule has 2 N–H and O–H groups in total. The average molecular weight is 362 g/mol. The molecule has 25 heavy (non-hydrogen) atoms. The normalized spacial score (nSPS) is 21.2. The molecule has 0 unspecified atom stereocenters. The third-order valence-corrected chi connectivity index (χ3v) is 6.40. The maximum absolute atomic E-state index is 13.1. The van der Waals surface area contributed by atoms with Gasteiger partial charge in [-0.05, 0) is 17.7 Å². The number of benzene rings is 2. The van der Waals surface area contributed by atoms with Crippen LogP contribution in [0.15, 0.2) is 53.4 Å². The molecular formula is C18H22N2O4S. The van der Waals surface area contributed by atoms with Crippen LogP contribution >= 0.6 is 0 Å². The van der Waals surface area contributed by atoms with Gasteiger partial charge < -0.3 is 15.2 Å². The molecule has 1 aliphatic rings. The van der Waals surface area contributed by atoms with Crippen LogP contribution in [0.3, 0.4) is 0 Å². The Morgan fingerprint density at radius 3 is 2.40 bits per heavy atom. The third-order valence-electron chi connectivity index (χ3n) is 4.55. The van der Waals surface area contributed by atoms with E-state index in [0.29, 0.717) is 12.3 Å². The number of rotatable bonds is 5. The highest BCUT2D eigenvalue weighted by Crippen LogP contribution is 2.35. The predicted octanol–water partition coefficient (Wildman–Crippen LogP) is 1.82. The van der Waals surface area contributed by atoms with E-state index in [2.05, 4.69) is 0 Å². The van der Waals surface area contributed by atoms with E-state index in [4.69, 9.17) is 15.2 Å². The van der Waals surface area contributed by atoms with E-state index in [9.17, 15) is 8.42 Å². The van der Waals surface area contributed by atoms with Crippen molar-refractivity contribution in [1.29, 1.82) is 0 Å². The van der Waals surface area contributed by atoms with Crippen molar-refractivity contribution >= 4 is 10.0 Å². The number of hydrogen-bond donors (Lipinski definition) is 1. The summed E-state index contributed by atoms with van der Waals surface area (Å²) < 4.78 is 38.1. The Morgan fingerprint density at radius 1 is 1.04 bits per heavy atom. The Hall–Kier alpha value is -2.09. The Morgan fingerprint density at radius 2 is 1.76 bits per heavy atom. The molecule has 0 spiro atoms. The van der Waals surface area contributed by atoms with Gasteiger partial charge in [0.25, 0.3) is 0 Å². The highest BCUT2D eigenvalue weighted by Gasteiger charge is 2.39. The molecule has 2 atom stereocenters. The maximum atomic E-state index is 13.1. The minimum absolute atomic E-state index is 0.0347. The molecule has 2 aromatic carbocycles. The minimum Gasteiger partial charge on any atom is -0.497 e. The van der Waals surface area contributed by atoms with E-state index in [1.165, 1.54) is 24.6 Å². The summed E-state index contributed by atoms with van der Waals surface area (Å²) in [5.74, 6) is 0.715. The number of nitrogens with zero attached hydrogens (tertiary/aromatic N) is 1. The molecule has 7 heteroatoms. The van der Waals surface area contributed by atoms with Gasteiger partial charge in [0.15, 0.2) is 0 Å². The smallest absolute Gasteiger partial charge is 0.246 e. The van der Waals surface area contributed by atoms with Gasteiger partial charge in [-0.1, -0.05) is 30.3 Å². The summed E-state index contributed by atoms with van der Waals surface area (Å²) in [4.78, 5) is 0.0928. The first-order valence-corrected chi connectivity index (χ1v) is 9.44. The topological polar surface area (TPSA) is 81.9 Å². The van der Waals surface area contributed by atoms with Crippen LogP contribution in [0.1, 0.15) is 11.5 Å². The molecule has 0 bridgehead atoms. The lowest BCUT2D eigenvalue weighted by atomic mass is 9.95. The van der Waals surface area contributed by atoms with Crippen LogP contribution in [-0.4, -0.2) is 46.1 Å². The summed E-state index contributed by atoms with van der Waals surface area (Å²) in [6, 6.07) is 14.2. The van der Waals surface area contributed by atoms with E-state index in [1.54, 1.807) is 12.1 Å². The van der Waals surface area contributed by atoms with Crippen LogP contribution in [0.25, 0.3) is 0 Å². The lowest BCUT2D eigenvalue weighted by Gasteiger charge is -2.19. The van der Waals surface area contributed by atoms with Crippen molar-refractivity contribution in [2.75, 3.05) is 27.3 Å². The third kappa shape index (κ3) is 3.35. The monoisotopic (exact) mass is 362 g/mol. The molecule has 0 aromatic heterocycles. The summed E-state index contributed by atoms with van der Waals surface area (Å²) in [5, 5.41) is 0. The Bertz CT molecular complexity index is 839. The van der Waals surface area contributed by atoms with Gasteiger partial charge in [0.1, 0.15) is 16.4 Å². The second kappa shape index (κ2) is 7.03. The molecule has 1 saturated heterocycles. The summed E-state index contributed by atoms with van der Waals surface area (Å²) in [6.45, 7) is 0.607. The highest BCUT2D eigenvalue weighted by molar-refractivity contribution is 7.89. The largest absolute Gasteiger partial charge is 0.497 e. The fourth-order valence-electron chi connectivity index (χ4n) is 3.17. The molecule has 6 nitrogen and oxygen atoms in total. The minimum atomic E-state index is -3.74. The summed E-state index contributed by atoms with van der Waals surface area (Å²) in [5.41, 5.74) is 7.29. The van der Waals surface area contributed by atoms with Crippen LogP contribution in [0.5, 0.6) is 11.5 Å². The van der Waals surface area contributed by atoms with Gasteiger partial charge in [-0.15, -0.1) is 0 Å². The number of sulfonamides is 1. The van der Waals surface area contributed by atoms with Gasteiger partial charge in [-0.3, -0.25) is 0 Å². The SMILES string of the molecule is COc1ccc(OC)c(S(=O)(=O)N2C[C@@H](N)[C@H](c3ccccc3)C2)c1. The van der Waals surface area contributed by atoms with Gasteiger partial charge in [0.05, 0.1) is 14.2 Å². The van der Waals surface area contributed by atoms with Crippen molar-refractivity contribution < 1.29 is 17.9 Å². The van der Waals surface area contributed by atoms with E-state index < -0.39 is 10.0 Å². The van der Waals surface area contributed by atoms with Crippen LogP contribution < -0.4 is 15.2 Å². The fourth-order valence-corrected chi connectivity index (χ4v) is 4.84. The van der Waals surface area contributed by atoms with Crippen LogP contribution in [0.2, 0.25) is 0 Å². The van der Waals surface area contributed by atoms with Crippen molar-refractivity contribution in [3.05, 3.63) is 54.1 Å². The molecule has 2 aromatic rings. The van der Waals surface area contributed by atoms with E-state index >= 15 is 0 Å². The quantitative estimate of drug-likeness (QED) is 0.877. The molecule has 3 rings (SSSR count). The average Bonchev–Trinajstić information content (AvgIpc) is 3.04. The van der Waals surface area contributed by atoms with Crippen LogP contribution in [0.4, 0.5) is 0 Å². The Labute approximate surface area is 148 Å². The molecule has 0 saturated carbocycles. The summed E-state index contributed by atoms with van der Waals surface area (Å²) >= 11 is 0.